The molecule has 8 heteroatoms. The molecular formula is C24H36N2O5S. The summed E-state index contributed by atoms with van der Waals surface area (Å²) in [7, 11) is 0. The molecule has 7 nitrogen and oxygen atoms in total. The van der Waals surface area contributed by atoms with Crippen LogP contribution in [-0.4, -0.2) is 52.3 Å². The molecule has 7 atom stereocenters. The average molecular weight is 465 g/mol. The monoisotopic (exact) mass is 464 g/mol. The van der Waals surface area contributed by atoms with E-state index >= 15 is 0 Å². The second-order valence-electron chi connectivity index (χ2n) is 10.6. The molecule has 0 aromatic heterocycles. The third-order valence-corrected chi connectivity index (χ3v) is 9.49. The van der Waals surface area contributed by atoms with E-state index in [1.165, 1.54) is 18.4 Å². The summed E-state index contributed by atoms with van der Waals surface area (Å²) in [6.45, 7) is 4.42. The van der Waals surface area contributed by atoms with Gasteiger partial charge in [-0.1, -0.05) is 24.6 Å². The van der Waals surface area contributed by atoms with E-state index in [1.807, 2.05) is 0 Å². The van der Waals surface area contributed by atoms with Gasteiger partial charge < -0.3 is 20.4 Å². The highest BCUT2D eigenvalue weighted by Crippen LogP contribution is 2.65. The van der Waals surface area contributed by atoms with Crippen molar-refractivity contribution in [3.05, 3.63) is 11.6 Å². The number of carbonyl (C=O) groups excluding carboxylic acids is 1. The Labute approximate surface area is 195 Å². The number of hydrogen-bond donors (Lipinski definition) is 4. The summed E-state index contributed by atoms with van der Waals surface area (Å²) in [6.07, 6.45) is 10.5. The van der Waals surface area contributed by atoms with E-state index < -0.39 is 17.9 Å². The van der Waals surface area contributed by atoms with Crippen molar-refractivity contribution in [2.45, 2.75) is 77.4 Å². The summed E-state index contributed by atoms with van der Waals surface area (Å²) in [5, 5.41) is 26.2. The Morgan fingerprint density at radius 2 is 2.00 bits per heavy atom. The van der Waals surface area contributed by atoms with E-state index in [9.17, 15) is 14.7 Å². The molecule has 4 aliphatic carbocycles. The van der Waals surface area contributed by atoms with Gasteiger partial charge in [-0.2, -0.15) is 12.6 Å². The zero-order valence-corrected chi connectivity index (χ0v) is 19.9. The number of carboxylic acids is 1. The topological polar surface area (TPSA) is 108 Å². The number of allylic oxidation sites excluding steroid dienone is 2. The molecule has 3 fully saturated rings. The number of rotatable bonds is 6. The fourth-order valence-corrected chi connectivity index (χ4v) is 7.46. The first-order valence-corrected chi connectivity index (χ1v) is 12.5. The van der Waals surface area contributed by atoms with Gasteiger partial charge in [0.05, 0.1) is 11.8 Å². The first-order chi connectivity index (χ1) is 15.2. The van der Waals surface area contributed by atoms with Gasteiger partial charge in [-0.25, -0.2) is 4.79 Å². The molecule has 178 valence electrons. The summed E-state index contributed by atoms with van der Waals surface area (Å²) < 4.78 is 0. The summed E-state index contributed by atoms with van der Waals surface area (Å²) in [5.41, 5.74) is 2.57. The van der Waals surface area contributed by atoms with Gasteiger partial charge in [0, 0.05) is 5.75 Å². The zero-order chi connectivity index (χ0) is 23.1. The SMILES string of the molecule is C[C@]12CC[C@@H]3[C@H](CCC4=C/C(=N\OCC(=O)N[C@@H](CS)C(=O)O)CC[C@@]43C)[C@@H]1CC[C@@H]2O. The van der Waals surface area contributed by atoms with Gasteiger partial charge in [0.1, 0.15) is 6.04 Å². The quantitative estimate of drug-likeness (QED) is 0.357. The molecule has 32 heavy (non-hydrogen) atoms. The van der Waals surface area contributed by atoms with Crippen LogP contribution in [0.15, 0.2) is 16.8 Å². The Bertz CT molecular complexity index is 829. The fourth-order valence-electron chi connectivity index (χ4n) is 7.21. The Hall–Kier alpha value is -1.54. The number of fused-ring (bicyclic) bond motifs is 5. The summed E-state index contributed by atoms with van der Waals surface area (Å²) in [4.78, 5) is 28.1. The number of hydrogen-bond acceptors (Lipinski definition) is 6. The third-order valence-electron chi connectivity index (χ3n) is 9.12. The van der Waals surface area contributed by atoms with Gasteiger partial charge in [-0.3, -0.25) is 4.79 Å². The Balaban J connectivity index is 1.39. The van der Waals surface area contributed by atoms with Crippen molar-refractivity contribution in [1.29, 1.82) is 0 Å². The second kappa shape index (κ2) is 9.01. The molecule has 4 rings (SSSR count). The molecule has 3 N–H and O–H groups in total. The van der Waals surface area contributed by atoms with E-state index in [0.29, 0.717) is 17.8 Å². The lowest BCUT2D eigenvalue weighted by Crippen LogP contribution is -2.51. The number of oxime groups is 1. The second-order valence-corrected chi connectivity index (χ2v) is 11.0. The molecule has 3 saturated carbocycles. The van der Waals surface area contributed by atoms with Crippen molar-refractivity contribution >= 4 is 30.2 Å². The maximum absolute atomic E-state index is 11.9. The minimum absolute atomic E-state index is 0.0153. The van der Waals surface area contributed by atoms with Crippen LogP contribution in [0.1, 0.15) is 65.2 Å². The molecule has 4 aliphatic rings. The van der Waals surface area contributed by atoms with Crippen LogP contribution in [0.2, 0.25) is 0 Å². The number of carboxylic acid groups (broad SMARTS) is 1. The molecule has 0 bridgehead atoms. The lowest BCUT2D eigenvalue weighted by Gasteiger charge is -2.57. The van der Waals surface area contributed by atoms with Crippen molar-refractivity contribution in [2.24, 2.45) is 33.7 Å². The Morgan fingerprint density at radius 3 is 2.72 bits per heavy atom. The van der Waals surface area contributed by atoms with Crippen molar-refractivity contribution in [2.75, 3.05) is 12.4 Å². The van der Waals surface area contributed by atoms with Crippen LogP contribution in [-0.2, 0) is 14.4 Å². The minimum atomic E-state index is -1.12. The number of aliphatic hydroxyl groups is 1. The summed E-state index contributed by atoms with van der Waals surface area (Å²) in [6, 6.07) is -1.03. The Morgan fingerprint density at radius 1 is 1.22 bits per heavy atom. The normalized spacial score (nSPS) is 40.5. The fraction of sp³-hybridized carbons (Fsp3) is 0.792. The largest absolute Gasteiger partial charge is 0.480 e. The maximum Gasteiger partial charge on any atom is 0.327 e. The molecular weight excluding hydrogens is 428 g/mol. The van der Waals surface area contributed by atoms with Gasteiger partial charge >= 0.3 is 5.97 Å². The highest BCUT2D eigenvalue weighted by molar-refractivity contribution is 7.80. The molecule has 0 aliphatic heterocycles. The Kier molecular flexibility index (Phi) is 6.65. The molecule has 0 spiro atoms. The molecule has 0 radical (unpaired) electrons. The van der Waals surface area contributed by atoms with Crippen molar-refractivity contribution in [3.8, 4) is 0 Å². The number of nitrogens with zero attached hydrogens (tertiary/aromatic N) is 1. The molecule has 1 amide bonds. The molecule has 0 heterocycles. The van der Waals surface area contributed by atoms with E-state index in [2.05, 4.69) is 43.0 Å². The van der Waals surface area contributed by atoms with Crippen molar-refractivity contribution in [3.63, 3.8) is 0 Å². The van der Waals surface area contributed by atoms with Crippen molar-refractivity contribution < 1.29 is 24.6 Å². The van der Waals surface area contributed by atoms with Gasteiger partial charge in [0.15, 0.2) is 6.61 Å². The average Bonchev–Trinajstić information content (AvgIpc) is 3.06. The first-order valence-electron chi connectivity index (χ1n) is 11.9. The number of carbonyl (C=O) groups is 2. The number of thiol groups is 1. The zero-order valence-electron chi connectivity index (χ0n) is 19.0. The van der Waals surface area contributed by atoms with Crippen LogP contribution in [0.25, 0.3) is 0 Å². The van der Waals surface area contributed by atoms with Crippen molar-refractivity contribution in [1.82, 2.24) is 5.32 Å². The van der Waals surface area contributed by atoms with E-state index in [4.69, 9.17) is 9.94 Å². The highest BCUT2D eigenvalue weighted by atomic mass is 32.1. The maximum atomic E-state index is 11.9. The van der Waals surface area contributed by atoms with Gasteiger partial charge in [-0.15, -0.1) is 0 Å². The van der Waals surface area contributed by atoms with Crippen LogP contribution >= 0.6 is 12.6 Å². The number of nitrogens with one attached hydrogen (secondary N) is 1. The predicted octanol–water partition coefficient (Wildman–Crippen LogP) is 3.18. The lowest BCUT2D eigenvalue weighted by molar-refractivity contribution is -0.141. The molecule has 0 aromatic rings. The lowest BCUT2D eigenvalue weighted by atomic mass is 9.47. The van der Waals surface area contributed by atoms with Crippen LogP contribution in [0.3, 0.4) is 0 Å². The van der Waals surface area contributed by atoms with E-state index in [-0.39, 0.29) is 29.3 Å². The van der Waals surface area contributed by atoms with E-state index in [1.54, 1.807) is 0 Å². The van der Waals surface area contributed by atoms with E-state index in [0.717, 1.165) is 44.2 Å². The van der Waals surface area contributed by atoms with Gasteiger partial charge in [0.2, 0.25) is 0 Å². The highest BCUT2D eigenvalue weighted by Gasteiger charge is 2.58. The number of aliphatic hydroxyl groups excluding tert-OH is 1. The first kappa shape index (κ1) is 23.6. The molecule has 0 saturated heterocycles. The predicted molar refractivity (Wildman–Crippen MR) is 125 cm³/mol. The standard InChI is InChI=1S/C24H36N2O5S/c1-23-9-7-15(26-31-12-21(28)25-19(13-32)22(29)30)11-14(23)3-4-16-17-5-6-20(27)24(17,2)10-8-18(16)23/h11,16-20,27,32H,3-10,12-13H2,1-2H3,(H,25,28)(H,29,30)/b26-15-/t16-,17+,18-,19+,20+,23+,24+/m1/s1. The van der Waals surface area contributed by atoms with Crippen LogP contribution in [0.4, 0.5) is 0 Å². The minimum Gasteiger partial charge on any atom is -0.480 e. The van der Waals surface area contributed by atoms with Gasteiger partial charge in [-0.05, 0) is 86.0 Å². The van der Waals surface area contributed by atoms with Gasteiger partial charge in [0.25, 0.3) is 5.91 Å². The summed E-state index contributed by atoms with van der Waals surface area (Å²) in [5.74, 6) is 0.365. The number of aliphatic carboxylic acids is 1. The molecule has 0 unspecified atom stereocenters. The number of amides is 1. The molecule has 0 aromatic carbocycles. The smallest absolute Gasteiger partial charge is 0.327 e. The van der Waals surface area contributed by atoms with Crippen LogP contribution < -0.4 is 5.32 Å². The van der Waals surface area contributed by atoms with Crippen LogP contribution in [0, 0.1) is 28.6 Å². The third kappa shape index (κ3) is 4.09. The van der Waals surface area contributed by atoms with Crippen LogP contribution in [0.5, 0.6) is 0 Å². The summed E-state index contributed by atoms with van der Waals surface area (Å²) >= 11 is 3.93.